The standard InChI is InChI=1S/C16H22ClN3O3/c1-22-15-8-13(17)3-2-12(15)9-18-16(21)20-5-4-19-6-7-23-11-14(19)10-20/h2-3,8,14H,4-7,9-11H2,1H3,(H,18,21). The molecule has 23 heavy (non-hydrogen) atoms. The summed E-state index contributed by atoms with van der Waals surface area (Å²) in [6, 6.07) is 5.68. The Balaban J connectivity index is 1.55. The predicted molar refractivity (Wildman–Crippen MR) is 88.0 cm³/mol. The number of piperazine rings is 1. The number of benzene rings is 1. The molecule has 0 aliphatic carbocycles. The van der Waals surface area contributed by atoms with Gasteiger partial charge >= 0.3 is 6.03 Å². The third-order valence-electron chi connectivity index (χ3n) is 4.40. The van der Waals surface area contributed by atoms with Crippen LogP contribution < -0.4 is 10.1 Å². The lowest BCUT2D eigenvalue weighted by Crippen LogP contribution is -2.60. The van der Waals surface area contributed by atoms with Gasteiger partial charge in [0.05, 0.1) is 26.4 Å². The topological polar surface area (TPSA) is 54.0 Å². The van der Waals surface area contributed by atoms with Gasteiger partial charge in [0.25, 0.3) is 0 Å². The number of nitrogens with zero attached hydrogens (tertiary/aromatic N) is 2. The van der Waals surface area contributed by atoms with Gasteiger partial charge in [-0.05, 0) is 12.1 Å². The minimum Gasteiger partial charge on any atom is -0.496 e. The van der Waals surface area contributed by atoms with E-state index in [-0.39, 0.29) is 6.03 Å². The first-order valence-electron chi connectivity index (χ1n) is 7.84. The number of fused-ring (bicyclic) bond motifs is 1. The van der Waals surface area contributed by atoms with Crippen LogP contribution in [0.1, 0.15) is 5.56 Å². The lowest BCUT2D eigenvalue weighted by molar-refractivity contribution is -0.0365. The second-order valence-corrected chi connectivity index (χ2v) is 6.26. The largest absolute Gasteiger partial charge is 0.496 e. The SMILES string of the molecule is COc1cc(Cl)ccc1CNC(=O)N1CCN2CCOCC2C1. The number of carbonyl (C=O) groups excluding carboxylic acids is 1. The molecule has 0 radical (unpaired) electrons. The molecule has 0 aromatic heterocycles. The Hall–Kier alpha value is -1.50. The molecule has 0 spiro atoms. The quantitative estimate of drug-likeness (QED) is 0.908. The van der Waals surface area contributed by atoms with Gasteiger partial charge < -0.3 is 19.7 Å². The van der Waals surface area contributed by atoms with Gasteiger partial charge in [-0.3, -0.25) is 4.90 Å². The summed E-state index contributed by atoms with van der Waals surface area (Å²) in [6.45, 7) is 5.24. The molecule has 0 saturated carbocycles. The smallest absolute Gasteiger partial charge is 0.317 e. The van der Waals surface area contributed by atoms with Crippen LogP contribution in [0.2, 0.25) is 5.02 Å². The summed E-state index contributed by atoms with van der Waals surface area (Å²) in [6.07, 6.45) is 0. The Morgan fingerprint density at radius 2 is 2.30 bits per heavy atom. The van der Waals surface area contributed by atoms with E-state index in [1.807, 2.05) is 11.0 Å². The van der Waals surface area contributed by atoms with E-state index in [4.69, 9.17) is 21.1 Å². The molecule has 0 bridgehead atoms. The number of methoxy groups -OCH3 is 1. The van der Waals surface area contributed by atoms with Gasteiger partial charge in [-0.15, -0.1) is 0 Å². The summed E-state index contributed by atoms with van der Waals surface area (Å²) in [7, 11) is 1.60. The summed E-state index contributed by atoms with van der Waals surface area (Å²) < 4.78 is 10.8. The molecule has 1 unspecified atom stereocenters. The number of ether oxygens (including phenoxy) is 2. The highest BCUT2D eigenvalue weighted by molar-refractivity contribution is 6.30. The maximum Gasteiger partial charge on any atom is 0.317 e. The highest BCUT2D eigenvalue weighted by Crippen LogP contribution is 2.23. The van der Waals surface area contributed by atoms with Crippen molar-refractivity contribution < 1.29 is 14.3 Å². The first-order chi connectivity index (χ1) is 11.2. The second-order valence-electron chi connectivity index (χ2n) is 5.83. The van der Waals surface area contributed by atoms with Crippen LogP contribution in [0.4, 0.5) is 4.79 Å². The summed E-state index contributed by atoms with van der Waals surface area (Å²) in [5.74, 6) is 0.684. The highest BCUT2D eigenvalue weighted by Gasteiger charge is 2.31. The number of nitrogens with one attached hydrogen (secondary N) is 1. The van der Waals surface area contributed by atoms with Crippen LogP contribution in [0.3, 0.4) is 0 Å². The van der Waals surface area contributed by atoms with Crippen molar-refractivity contribution in [1.29, 1.82) is 0 Å². The molecule has 2 heterocycles. The van der Waals surface area contributed by atoms with E-state index in [1.165, 1.54) is 0 Å². The van der Waals surface area contributed by atoms with Crippen molar-refractivity contribution in [1.82, 2.24) is 15.1 Å². The zero-order valence-electron chi connectivity index (χ0n) is 13.3. The maximum absolute atomic E-state index is 12.4. The molecule has 126 valence electrons. The summed E-state index contributed by atoms with van der Waals surface area (Å²) in [5, 5.41) is 3.58. The first-order valence-corrected chi connectivity index (χ1v) is 8.22. The molecule has 2 amide bonds. The highest BCUT2D eigenvalue weighted by atomic mass is 35.5. The van der Waals surface area contributed by atoms with Gasteiger partial charge in [-0.2, -0.15) is 0 Å². The van der Waals surface area contributed by atoms with Crippen LogP contribution in [0.15, 0.2) is 18.2 Å². The van der Waals surface area contributed by atoms with Crippen molar-refractivity contribution in [3.05, 3.63) is 28.8 Å². The number of carbonyl (C=O) groups is 1. The van der Waals surface area contributed by atoms with Crippen molar-refractivity contribution in [2.45, 2.75) is 12.6 Å². The Kier molecular flexibility index (Phi) is 5.25. The summed E-state index contributed by atoms with van der Waals surface area (Å²) in [5.41, 5.74) is 0.907. The van der Waals surface area contributed by atoms with E-state index in [0.29, 0.717) is 36.5 Å². The molecule has 2 aliphatic rings. The van der Waals surface area contributed by atoms with E-state index in [0.717, 1.165) is 31.8 Å². The van der Waals surface area contributed by atoms with E-state index in [2.05, 4.69) is 10.2 Å². The zero-order valence-corrected chi connectivity index (χ0v) is 14.0. The molecule has 3 rings (SSSR count). The van der Waals surface area contributed by atoms with Crippen molar-refractivity contribution >= 4 is 17.6 Å². The van der Waals surface area contributed by atoms with E-state index >= 15 is 0 Å². The Morgan fingerprint density at radius 1 is 1.43 bits per heavy atom. The lowest BCUT2D eigenvalue weighted by atomic mass is 10.1. The molecule has 7 heteroatoms. The third-order valence-corrected chi connectivity index (χ3v) is 4.64. The molecule has 1 aromatic carbocycles. The van der Waals surface area contributed by atoms with Crippen LogP contribution in [0, 0.1) is 0 Å². The predicted octanol–water partition coefficient (Wildman–Crippen LogP) is 1.57. The van der Waals surface area contributed by atoms with Crippen molar-refractivity contribution in [3.63, 3.8) is 0 Å². The van der Waals surface area contributed by atoms with Crippen molar-refractivity contribution in [2.24, 2.45) is 0 Å². The molecular formula is C16H22ClN3O3. The maximum atomic E-state index is 12.4. The average molecular weight is 340 g/mol. The normalized spacial score (nSPS) is 21.7. The molecular weight excluding hydrogens is 318 g/mol. The molecule has 6 nitrogen and oxygen atoms in total. The number of morpholine rings is 1. The average Bonchev–Trinajstić information content (AvgIpc) is 2.59. The molecule has 2 aliphatic heterocycles. The number of urea groups is 1. The lowest BCUT2D eigenvalue weighted by Gasteiger charge is -2.43. The van der Waals surface area contributed by atoms with Crippen molar-refractivity contribution in [2.75, 3.05) is 46.5 Å². The van der Waals surface area contributed by atoms with E-state index < -0.39 is 0 Å². The minimum absolute atomic E-state index is 0.0489. The fraction of sp³-hybridized carbons (Fsp3) is 0.562. The van der Waals surface area contributed by atoms with E-state index in [9.17, 15) is 4.79 Å². The third kappa shape index (κ3) is 3.88. The summed E-state index contributed by atoms with van der Waals surface area (Å²) >= 11 is 5.95. The molecule has 1 atom stereocenters. The fourth-order valence-electron chi connectivity index (χ4n) is 3.08. The molecule has 2 saturated heterocycles. The Labute approximate surface area is 141 Å². The van der Waals surface area contributed by atoms with Crippen LogP contribution >= 0.6 is 11.6 Å². The number of hydrogen-bond donors (Lipinski definition) is 1. The molecule has 1 N–H and O–H groups in total. The van der Waals surface area contributed by atoms with Crippen LogP contribution in [-0.4, -0.2) is 68.4 Å². The number of rotatable bonds is 3. The fourth-order valence-corrected chi connectivity index (χ4v) is 3.24. The number of halogens is 1. The van der Waals surface area contributed by atoms with Gasteiger partial charge in [0.1, 0.15) is 5.75 Å². The van der Waals surface area contributed by atoms with Gasteiger partial charge in [-0.25, -0.2) is 4.79 Å². The van der Waals surface area contributed by atoms with E-state index in [1.54, 1.807) is 19.2 Å². The summed E-state index contributed by atoms with van der Waals surface area (Å²) in [4.78, 5) is 16.7. The van der Waals surface area contributed by atoms with Crippen LogP contribution in [0.5, 0.6) is 5.75 Å². The van der Waals surface area contributed by atoms with Crippen molar-refractivity contribution in [3.8, 4) is 5.75 Å². The van der Waals surface area contributed by atoms with Crippen LogP contribution in [0.25, 0.3) is 0 Å². The molecule has 2 fully saturated rings. The monoisotopic (exact) mass is 339 g/mol. The van der Waals surface area contributed by atoms with Gasteiger partial charge in [-0.1, -0.05) is 17.7 Å². The number of hydrogen-bond acceptors (Lipinski definition) is 4. The molecule has 1 aromatic rings. The zero-order chi connectivity index (χ0) is 16.2. The first kappa shape index (κ1) is 16.4. The van der Waals surface area contributed by atoms with Gasteiger partial charge in [0.15, 0.2) is 0 Å². The number of amides is 2. The minimum atomic E-state index is -0.0489. The Morgan fingerprint density at radius 3 is 3.13 bits per heavy atom. The van der Waals surface area contributed by atoms with Gasteiger partial charge in [0, 0.05) is 43.3 Å². The van der Waals surface area contributed by atoms with Gasteiger partial charge in [0.2, 0.25) is 0 Å². The van der Waals surface area contributed by atoms with Crippen LogP contribution in [-0.2, 0) is 11.3 Å². The Bertz CT molecular complexity index is 570. The second kappa shape index (κ2) is 7.38.